The van der Waals surface area contributed by atoms with Gasteiger partial charge in [-0.3, -0.25) is 0 Å². The zero-order valence-corrected chi connectivity index (χ0v) is 8.11. The summed E-state index contributed by atoms with van der Waals surface area (Å²) in [5, 5.41) is 15.6. The van der Waals surface area contributed by atoms with Gasteiger partial charge in [-0.25, -0.2) is 13.5 Å². The van der Waals surface area contributed by atoms with Gasteiger partial charge in [0.25, 0.3) is 6.43 Å². The Bertz CT molecular complexity index is 407. The topological polar surface area (TPSA) is 53.6 Å². The fraction of sp³-hybridized carbons (Fsp3) is 0.556. The van der Waals surface area contributed by atoms with Crippen LogP contribution < -0.4 is 5.32 Å². The Labute approximate surface area is 85.5 Å². The highest BCUT2D eigenvalue weighted by molar-refractivity contribution is 5.53. The highest BCUT2D eigenvalue weighted by Gasteiger charge is 2.32. The van der Waals surface area contributed by atoms with Gasteiger partial charge in [-0.1, -0.05) is 0 Å². The van der Waals surface area contributed by atoms with E-state index in [2.05, 4.69) is 10.4 Å². The van der Waals surface area contributed by atoms with Crippen molar-refractivity contribution >= 4 is 5.82 Å². The van der Waals surface area contributed by atoms with Gasteiger partial charge >= 0.3 is 0 Å². The van der Waals surface area contributed by atoms with Gasteiger partial charge < -0.3 is 5.32 Å². The maximum atomic E-state index is 12.7. The molecule has 0 saturated carbocycles. The molecule has 1 N–H and O–H groups in total. The molecule has 0 saturated heterocycles. The van der Waals surface area contributed by atoms with Crippen LogP contribution in [0.4, 0.5) is 14.6 Å². The number of fused-ring (bicyclic) bond motifs is 1. The predicted molar refractivity (Wildman–Crippen MR) is 49.7 cm³/mol. The summed E-state index contributed by atoms with van der Waals surface area (Å²) in [6, 6.07) is 0.923. The summed E-state index contributed by atoms with van der Waals surface area (Å²) < 4.78 is 26.6. The molecule has 1 aliphatic rings. The van der Waals surface area contributed by atoms with E-state index in [0.717, 1.165) is 0 Å². The fourth-order valence-electron chi connectivity index (χ4n) is 1.80. The van der Waals surface area contributed by atoms with E-state index in [1.165, 1.54) is 10.9 Å². The van der Waals surface area contributed by atoms with Crippen LogP contribution in [0.2, 0.25) is 0 Å². The van der Waals surface area contributed by atoms with Crippen molar-refractivity contribution in [3.05, 3.63) is 11.8 Å². The Hall–Kier alpha value is -1.64. The standard InChI is InChI=1S/C9H10F2N4/c1-5-2-7(8(10)11)15-9(14-5)6(3-12)4-13-15/h4-5,7-8,14H,2H2,1H3/t5-,7+/m0/s1. The summed E-state index contributed by atoms with van der Waals surface area (Å²) in [5.41, 5.74) is 0.312. The van der Waals surface area contributed by atoms with Gasteiger partial charge in [-0.05, 0) is 13.3 Å². The normalized spacial score (nSPS) is 24.5. The van der Waals surface area contributed by atoms with Gasteiger partial charge in [0.05, 0.1) is 6.20 Å². The van der Waals surface area contributed by atoms with Crippen LogP contribution in [-0.4, -0.2) is 22.2 Å². The number of anilines is 1. The number of hydrogen-bond donors (Lipinski definition) is 1. The second-order valence-electron chi connectivity index (χ2n) is 3.65. The molecule has 0 spiro atoms. The first-order valence-electron chi connectivity index (χ1n) is 4.65. The van der Waals surface area contributed by atoms with Gasteiger partial charge in [0.1, 0.15) is 23.5 Å². The second kappa shape index (κ2) is 3.50. The molecular weight excluding hydrogens is 202 g/mol. The molecule has 1 aromatic heterocycles. The van der Waals surface area contributed by atoms with Crippen LogP contribution in [0.15, 0.2) is 6.20 Å². The van der Waals surface area contributed by atoms with Crippen molar-refractivity contribution in [2.24, 2.45) is 0 Å². The quantitative estimate of drug-likeness (QED) is 0.771. The van der Waals surface area contributed by atoms with E-state index in [4.69, 9.17) is 5.26 Å². The van der Waals surface area contributed by atoms with E-state index in [9.17, 15) is 8.78 Å². The van der Waals surface area contributed by atoms with Crippen molar-refractivity contribution in [3.8, 4) is 6.07 Å². The molecule has 2 rings (SSSR count). The SMILES string of the molecule is C[C@H]1C[C@H](C(F)F)n2ncc(C#N)c2N1. The first-order valence-corrected chi connectivity index (χ1v) is 4.65. The molecule has 4 nitrogen and oxygen atoms in total. The number of rotatable bonds is 1. The zero-order valence-electron chi connectivity index (χ0n) is 8.11. The fourth-order valence-corrected chi connectivity index (χ4v) is 1.80. The summed E-state index contributed by atoms with van der Waals surface area (Å²) >= 11 is 0. The highest BCUT2D eigenvalue weighted by Crippen LogP contribution is 2.32. The minimum absolute atomic E-state index is 0.0692. The van der Waals surface area contributed by atoms with Crippen LogP contribution in [-0.2, 0) is 0 Å². The molecule has 0 unspecified atom stereocenters. The first-order chi connectivity index (χ1) is 7.13. The lowest BCUT2D eigenvalue weighted by molar-refractivity contribution is 0.0668. The molecule has 0 fully saturated rings. The van der Waals surface area contributed by atoms with Crippen LogP contribution in [0.1, 0.15) is 24.9 Å². The Morgan fingerprint density at radius 3 is 3.07 bits per heavy atom. The van der Waals surface area contributed by atoms with Gasteiger partial charge in [-0.2, -0.15) is 10.4 Å². The molecule has 2 atom stereocenters. The number of nitriles is 1. The van der Waals surface area contributed by atoms with Crippen molar-refractivity contribution in [2.45, 2.75) is 31.9 Å². The first kappa shape index (κ1) is 9.90. The number of aromatic nitrogens is 2. The minimum Gasteiger partial charge on any atom is -0.367 e. The molecule has 0 aromatic carbocycles. The molecular formula is C9H10F2N4. The highest BCUT2D eigenvalue weighted by atomic mass is 19.3. The number of nitrogens with one attached hydrogen (secondary N) is 1. The van der Waals surface area contributed by atoms with Gasteiger partial charge in [0, 0.05) is 6.04 Å². The lowest BCUT2D eigenvalue weighted by Crippen LogP contribution is -2.33. The minimum atomic E-state index is -2.46. The lowest BCUT2D eigenvalue weighted by atomic mass is 10.1. The Balaban J connectivity index is 2.44. The van der Waals surface area contributed by atoms with E-state index >= 15 is 0 Å². The van der Waals surface area contributed by atoms with E-state index in [1.54, 1.807) is 0 Å². The van der Waals surface area contributed by atoms with E-state index in [0.29, 0.717) is 17.8 Å². The molecule has 0 radical (unpaired) electrons. The van der Waals surface area contributed by atoms with Gasteiger partial charge in [-0.15, -0.1) is 0 Å². The van der Waals surface area contributed by atoms with Crippen LogP contribution in [0.25, 0.3) is 0 Å². The predicted octanol–water partition coefficient (Wildman–Crippen LogP) is 1.77. The third kappa shape index (κ3) is 1.54. The average molecular weight is 212 g/mol. The zero-order chi connectivity index (χ0) is 11.0. The van der Waals surface area contributed by atoms with Crippen molar-refractivity contribution in [3.63, 3.8) is 0 Å². The Morgan fingerprint density at radius 1 is 1.73 bits per heavy atom. The van der Waals surface area contributed by atoms with Crippen molar-refractivity contribution < 1.29 is 8.78 Å². The number of halogens is 2. The molecule has 80 valence electrons. The number of nitrogens with zero attached hydrogens (tertiary/aromatic N) is 3. The van der Waals surface area contributed by atoms with Crippen LogP contribution >= 0.6 is 0 Å². The van der Waals surface area contributed by atoms with Gasteiger partial charge in [0.15, 0.2) is 0 Å². The maximum Gasteiger partial charge on any atom is 0.260 e. The third-order valence-electron chi connectivity index (χ3n) is 2.50. The summed E-state index contributed by atoms with van der Waals surface area (Å²) in [5.74, 6) is 0.404. The van der Waals surface area contributed by atoms with Crippen LogP contribution in [0.5, 0.6) is 0 Å². The molecule has 1 aromatic rings. The van der Waals surface area contributed by atoms with Crippen molar-refractivity contribution in [1.29, 1.82) is 5.26 Å². The van der Waals surface area contributed by atoms with Crippen LogP contribution in [0.3, 0.4) is 0 Å². The molecule has 0 bridgehead atoms. The number of hydrogen-bond acceptors (Lipinski definition) is 3. The van der Waals surface area contributed by atoms with Crippen LogP contribution in [0, 0.1) is 11.3 Å². The van der Waals surface area contributed by atoms with Gasteiger partial charge in [0.2, 0.25) is 0 Å². The summed E-state index contributed by atoms with van der Waals surface area (Å²) in [4.78, 5) is 0. The Morgan fingerprint density at radius 2 is 2.47 bits per heavy atom. The Kier molecular flexibility index (Phi) is 2.31. The summed E-state index contributed by atoms with van der Waals surface area (Å²) in [7, 11) is 0. The molecule has 2 heterocycles. The van der Waals surface area contributed by atoms with E-state index < -0.39 is 12.5 Å². The molecule has 0 amide bonds. The molecule has 1 aliphatic heterocycles. The molecule has 6 heteroatoms. The molecule has 0 aliphatic carbocycles. The summed E-state index contributed by atoms with van der Waals surface area (Å²) in [6.07, 6.45) is -0.827. The maximum absolute atomic E-state index is 12.7. The number of alkyl halides is 2. The van der Waals surface area contributed by atoms with E-state index in [1.807, 2.05) is 13.0 Å². The lowest BCUT2D eigenvalue weighted by Gasteiger charge is -2.29. The van der Waals surface area contributed by atoms with Crippen molar-refractivity contribution in [1.82, 2.24) is 9.78 Å². The smallest absolute Gasteiger partial charge is 0.260 e. The van der Waals surface area contributed by atoms with Crippen molar-refractivity contribution in [2.75, 3.05) is 5.32 Å². The average Bonchev–Trinajstić information content (AvgIpc) is 2.58. The summed E-state index contributed by atoms with van der Waals surface area (Å²) in [6.45, 7) is 1.81. The monoisotopic (exact) mass is 212 g/mol. The largest absolute Gasteiger partial charge is 0.367 e. The second-order valence-corrected chi connectivity index (χ2v) is 3.65. The molecule has 15 heavy (non-hydrogen) atoms. The third-order valence-corrected chi connectivity index (χ3v) is 2.50. The van der Waals surface area contributed by atoms with E-state index in [-0.39, 0.29) is 6.04 Å².